The summed E-state index contributed by atoms with van der Waals surface area (Å²) in [4.78, 5) is 0. The molecule has 110 valence electrons. The summed E-state index contributed by atoms with van der Waals surface area (Å²) in [6.07, 6.45) is 2.91. The molecule has 0 saturated carbocycles. The lowest BCUT2D eigenvalue weighted by molar-refractivity contribution is 0.313. The Morgan fingerprint density at radius 2 is 1.85 bits per heavy atom. The predicted molar refractivity (Wildman–Crippen MR) is 87.4 cm³/mol. The van der Waals surface area contributed by atoms with Gasteiger partial charge in [-0.15, -0.1) is 11.8 Å². The second kappa shape index (κ2) is 8.69. The van der Waals surface area contributed by atoms with Gasteiger partial charge in [0.05, 0.1) is 6.61 Å². The highest BCUT2D eigenvalue weighted by Gasteiger charge is 2.12. The molecule has 0 N–H and O–H groups in total. The molecule has 1 heteroatoms. The van der Waals surface area contributed by atoms with Crippen molar-refractivity contribution in [2.45, 2.75) is 65.7 Å². The normalized spacial score (nSPS) is 11.9. The topological polar surface area (TPSA) is 9.23 Å². The Bertz CT molecular complexity index is 462. The van der Waals surface area contributed by atoms with Gasteiger partial charge < -0.3 is 4.74 Å². The van der Waals surface area contributed by atoms with Crippen molar-refractivity contribution < 1.29 is 4.74 Å². The molecule has 1 unspecified atom stereocenters. The van der Waals surface area contributed by atoms with Crippen LogP contribution in [0.4, 0.5) is 0 Å². The zero-order valence-corrected chi connectivity index (χ0v) is 13.6. The van der Waals surface area contributed by atoms with E-state index in [1.165, 1.54) is 11.1 Å². The molecule has 0 aliphatic rings. The van der Waals surface area contributed by atoms with Gasteiger partial charge in [0.2, 0.25) is 0 Å². The monoisotopic (exact) mass is 272 g/mol. The molecule has 0 amide bonds. The molecule has 0 saturated heterocycles. The van der Waals surface area contributed by atoms with Gasteiger partial charge in [-0.2, -0.15) is 0 Å². The summed E-state index contributed by atoms with van der Waals surface area (Å²) in [7, 11) is 0. The number of hydrogen-bond donors (Lipinski definition) is 0. The molecule has 0 spiro atoms. The van der Waals surface area contributed by atoms with E-state index in [0.717, 1.165) is 31.6 Å². The number of ether oxygens (including phenoxy) is 1. The average molecular weight is 272 g/mol. The fourth-order valence-corrected chi connectivity index (χ4v) is 2.14. The lowest BCUT2D eigenvalue weighted by Crippen LogP contribution is -2.02. The maximum atomic E-state index is 5.85. The Kier molecular flexibility index (Phi) is 7.23. The molecule has 1 aromatic rings. The highest BCUT2D eigenvalue weighted by atomic mass is 16.5. The smallest absolute Gasteiger partial charge is 0.122 e. The highest BCUT2D eigenvalue weighted by molar-refractivity contribution is 5.40. The lowest BCUT2D eigenvalue weighted by Gasteiger charge is -2.17. The molecule has 0 aromatic heterocycles. The van der Waals surface area contributed by atoms with Crippen LogP contribution in [-0.2, 0) is 0 Å². The fourth-order valence-electron chi connectivity index (χ4n) is 2.14. The molecule has 0 bridgehead atoms. The van der Waals surface area contributed by atoms with Crippen LogP contribution in [0.5, 0.6) is 5.75 Å². The average Bonchev–Trinajstić information content (AvgIpc) is 2.45. The van der Waals surface area contributed by atoms with Gasteiger partial charge in [-0.25, -0.2) is 0 Å². The Balaban J connectivity index is 2.91. The van der Waals surface area contributed by atoms with Crippen molar-refractivity contribution >= 4 is 0 Å². The number of rotatable bonds is 6. The summed E-state index contributed by atoms with van der Waals surface area (Å²) in [5.41, 5.74) is 2.68. The maximum Gasteiger partial charge on any atom is 0.122 e. The molecule has 1 atom stereocenters. The second-order valence-electron chi connectivity index (χ2n) is 5.61. The third-order valence-electron chi connectivity index (χ3n) is 3.40. The Morgan fingerprint density at radius 1 is 1.10 bits per heavy atom. The number of hydrogen-bond acceptors (Lipinski definition) is 1. The minimum Gasteiger partial charge on any atom is -0.493 e. The van der Waals surface area contributed by atoms with Crippen LogP contribution in [0.3, 0.4) is 0 Å². The standard InChI is InChI=1S/C19H28O/c1-6-8-9-10-16(5)17-11-12-19(20-13-7-2)18(14-17)15(3)4/h11-12,14-16H,6-7,10,13H2,1-5H3. The number of benzene rings is 1. The van der Waals surface area contributed by atoms with Crippen LogP contribution < -0.4 is 4.74 Å². The van der Waals surface area contributed by atoms with Gasteiger partial charge in [-0.3, -0.25) is 0 Å². The van der Waals surface area contributed by atoms with Gasteiger partial charge in [0, 0.05) is 12.8 Å². The van der Waals surface area contributed by atoms with E-state index in [0.29, 0.717) is 11.8 Å². The van der Waals surface area contributed by atoms with Crippen LogP contribution in [0.15, 0.2) is 18.2 Å². The third kappa shape index (κ3) is 4.93. The molecule has 1 aromatic carbocycles. The van der Waals surface area contributed by atoms with E-state index in [4.69, 9.17) is 4.74 Å². The van der Waals surface area contributed by atoms with Crippen LogP contribution in [-0.4, -0.2) is 6.61 Å². The zero-order valence-electron chi connectivity index (χ0n) is 13.6. The van der Waals surface area contributed by atoms with Crippen molar-refractivity contribution in [2.24, 2.45) is 0 Å². The first kappa shape index (κ1) is 16.6. The molecule has 0 aliphatic heterocycles. The molecule has 1 nitrogen and oxygen atoms in total. The van der Waals surface area contributed by atoms with Crippen molar-refractivity contribution in [1.29, 1.82) is 0 Å². The van der Waals surface area contributed by atoms with Gasteiger partial charge in [0.25, 0.3) is 0 Å². The molecule has 0 radical (unpaired) electrons. The van der Waals surface area contributed by atoms with Crippen LogP contribution in [0, 0.1) is 11.8 Å². The summed E-state index contributed by atoms with van der Waals surface area (Å²) in [6.45, 7) is 11.7. The van der Waals surface area contributed by atoms with Gasteiger partial charge in [-0.1, -0.05) is 46.8 Å². The van der Waals surface area contributed by atoms with Crippen molar-refractivity contribution in [3.63, 3.8) is 0 Å². The first-order valence-electron chi connectivity index (χ1n) is 7.82. The van der Waals surface area contributed by atoms with Gasteiger partial charge in [0.1, 0.15) is 5.75 Å². The van der Waals surface area contributed by atoms with Crippen molar-refractivity contribution in [2.75, 3.05) is 6.61 Å². The van der Waals surface area contributed by atoms with E-state index in [2.05, 4.69) is 64.7 Å². The quantitative estimate of drug-likeness (QED) is 0.621. The predicted octanol–water partition coefficient (Wildman–Crippen LogP) is 5.51. The minimum atomic E-state index is 0.478. The Hall–Kier alpha value is -1.42. The van der Waals surface area contributed by atoms with E-state index in [1.807, 2.05) is 0 Å². The molecular formula is C19H28O. The second-order valence-corrected chi connectivity index (χ2v) is 5.61. The molecule has 0 aliphatic carbocycles. The molecule has 0 heterocycles. The van der Waals surface area contributed by atoms with Gasteiger partial charge >= 0.3 is 0 Å². The summed E-state index contributed by atoms with van der Waals surface area (Å²) in [5, 5.41) is 0. The first-order chi connectivity index (χ1) is 9.60. The largest absolute Gasteiger partial charge is 0.493 e. The molecule has 20 heavy (non-hydrogen) atoms. The summed E-state index contributed by atoms with van der Waals surface area (Å²) < 4.78 is 5.85. The Labute approximate surface area is 124 Å². The lowest BCUT2D eigenvalue weighted by atomic mass is 9.92. The van der Waals surface area contributed by atoms with E-state index < -0.39 is 0 Å². The zero-order chi connectivity index (χ0) is 15.0. The van der Waals surface area contributed by atoms with Crippen molar-refractivity contribution in [1.82, 2.24) is 0 Å². The van der Waals surface area contributed by atoms with E-state index in [1.54, 1.807) is 0 Å². The van der Waals surface area contributed by atoms with E-state index >= 15 is 0 Å². The molecule has 1 rings (SSSR count). The SMILES string of the molecule is CCC#CCC(C)c1ccc(OCCC)c(C(C)C)c1. The minimum absolute atomic E-state index is 0.478. The first-order valence-corrected chi connectivity index (χ1v) is 7.82. The maximum absolute atomic E-state index is 5.85. The van der Waals surface area contributed by atoms with Crippen molar-refractivity contribution in [3.05, 3.63) is 29.3 Å². The van der Waals surface area contributed by atoms with Crippen LogP contribution in [0.1, 0.15) is 76.8 Å². The molecule has 0 fully saturated rings. The van der Waals surface area contributed by atoms with Crippen molar-refractivity contribution in [3.8, 4) is 17.6 Å². The van der Waals surface area contributed by atoms with E-state index in [-0.39, 0.29) is 0 Å². The van der Waals surface area contributed by atoms with E-state index in [9.17, 15) is 0 Å². The van der Waals surface area contributed by atoms with Crippen LogP contribution in [0.25, 0.3) is 0 Å². The summed E-state index contributed by atoms with van der Waals surface area (Å²) in [6, 6.07) is 6.62. The molecular weight excluding hydrogens is 244 g/mol. The van der Waals surface area contributed by atoms with Crippen LogP contribution in [0.2, 0.25) is 0 Å². The fraction of sp³-hybridized carbons (Fsp3) is 0.579. The highest BCUT2D eigenvalue weighted by Crippen LogP contribution is 2.31. The van der Waals surface area contributed by atoms with Crippen LogP contribution >= 0.6 is 0 Å². The summed E-state index contributed by atoms with van der Waals surface area (Å²) >= 11 is 0. The Morgan fingerprint density at radius 3 is 2.45 bits per heavy atom. The summed E-state index contributed by atoms with van der Waals surface area (Å²) in [5.74, 6) is 8.40. The third-order valence-corrected chi connectivity index (χ3v) is 3.40. The van der Waals surface area contributed by atoms with Gasteiger partial charge in [-0.05, 0) is 35.4 Å². The van der Waals surface area contributed by atoms with Gasteiger partial charge in [0.15, 0.2) is 0 Å².